The number of carbonyl (C=O) groups excluding carboxylic acids is 2. The fourth-order valence-corrected chi connectivity index (χ4v) is 2.41. The lowest BCUT2D eigenvalue weighted by Crippen LogP contribution is -2.36. The molecule has 1 heterocycles. The average molecular weight is 342 g/mol. The number of hydrogen-bond acceptors (Lipinski definition) is 4. The van der Waals surface area contributed by atoms with E-state index in [0.717, 1.165) is 6.20 Å². The molecule has 1 unspecified atom stereocenters. The van der Waals surface area contributed by atoms with Crippen molar-refractivity contribution in [3.63, 3.8) is 0 Å². The lowest BCUT2D eigenvalue weighted by molar-refractivity contribution is -0.165. The van der Waals surface area contributed by atoms with E-state index in [-0.39, 0.29) is 5.91 Å². The Morgan fingerprint density at radius 3 is 2.54 bits per heavy atom. The van der Waals surface area contributed by atoms with E-state index in [1.165, 1.54) is 12.0 Å². The number of carbonyl (C=O) groups is 2. The van der Waals surface area contributed by atoms with Crippen LogP contribution in [-0.4, -0.2) is 42.5 Å². The maximum absolute atomic E-state index is 12.3. The quantitative estimate of drug-likeness (QED) is 0.836. The molecule has 5 nitrogen and oxygen atoms in total. The van der Waals surface area contributed by atoms with Gasteiger partial charge in [0, 0.05) is 24.5 Å². The summed E-state index contributed by atoms with van der Waals surface area (Å²) in [5.74, 6) is -1.63. The predicted octanol–water partition coefficient (Wildman–Crippen LogP) is 2.74. The number of nitrogens with one attached hydrogen (secondary N) is 1. The molecular weight excluding hydrogens is 325 g/mol. The lowest BCUT2D eigenvalue weighted by atomic mass is 10.2. The number of ketones is 1. The molecule has 0 aliphatic carbocycles. The zero-order valence-corrected chi connectivity index (χ0v) is 13.0. The minimum Gasteiger partial charge on any atom is -0.497 e. The van der Waals surface area contributed by atoms with E-state index in [1.807, 2.05) is 0 Å². The molecule has 24 heavy (non-hydrogen) atoms. The van der Waals surface area contributed by atoms with Crippen molar-refractivity contribution in [3.8, 4) is 5.75 Å². The number of ether oxygens (including phenoxy) is 1. The number of likely N-dealkylation sites (tertiary alicyclic amines) is 1. The Balaban J connectivity index is 1.99. The third kappa shape index (κ3) is 4.50. The highest BCUT2D eigenvalue weighted by Gasteiger charge is 2.37. The Morgan fingerprint density at radius 1 is 1.29 bits per heavy atom. The van der Waals surface area contributed by atoms with Crippen LogP contribution < -0.4 is 10.1 Å². The summed E-state index contributed by atoms with van der Waals surface area (Å²) < 4.78 is 41.7. The zero-order valence-electron chi connectivity index (χ0n) is 13.0. The summed E-state index contributed by atoms with van der Waals surface area (Å²) in [7, 11) is 1.53. The third-order valence-corrected chi connectivity index (χ3v) is 3.65. The molecule has 1 fully saturated rings. The minimum absolute atomic E-state index is 0.332. The first-order chi connectivity index (χ1) is 11.3. The van der Waals surface area contributed by atoms with Gasteiger partial charge in [-0.25, -0.2) is 0 Å². The summed E-state index contributed by atoms with van der Waals surface area (Å²) in [5.41, 5.74) is 0.558. The van der Waals surface area contributed by atoms with Crippen LogP contribution in [0, 0.1) is 0 Å². The topological polar surface area (TPSA) is 58.6 Å². The molecular formula is C16H17F3N2O3. The van der Waals surface area contributed by atoms with Crippen LogP contribution in [0.1, 0.15) is 12.8 Å². The first kappa shape index (κ1) is 17.8. The molecule has 0 spiro atoms. The van der Waals surface area contributed by atoms with Gasteiger partial charge in [0.25, 0.3) is 5.78 Å². The number of methoxy groups -OCH3 is 1. The van der Waals surface area contributed by atoms with Crippen LogP contribution >= 0.6 is 0 Å². The van der Waals surface area contributed by atoms with Crippen LogP contribution in [0.25, 0.3) is 0 Å². The highest BCUT2D eigenvalue weighted by atomic mass is 19.4. The highest BCUT2D eigenvalue weighted by molar-refractivity contribution is 5.96. The predicted molar refractivity (Wildman–Crippen MR) is 81.6 cm³/mol. The molecule has 1 aromatic rings. The second-order valence-electron chi connectivity index (χ2n) is 5.29. The maximum Gasteiger partial charge on any atom is 0.454 e. The molecule has 1 atom stereocenters. The summed E-state index contributed by atoms with van der Waals surface area (Å²) in [5, 5.41) is 2.71. The van der Waals surface area contributed by atoms with E-state index >= 15 is 0 Å². The summed E-state index contributed by atoms with van der Waals surface area (Å²) in [6, 6.07) is 6.09. The normalized spacial score (nSPS) is 18.0. The molecule has 8 heteroatoms. The summed E-state index contributed by atoms with van der Waals surface area (Å²) in [6.45, 7) is 0.419. The van der Waals surface area contributed by atoms with E-state index in [4.69, 9.17) is 4.74 Å². The zero-order chi connectivity index (χ0) is 17.7. The van der Waals surface area contributed by atoms with Gasteiger partial charge in [-0.2, -0.15) is 13.2 Å². The third-order valence-electron chi connectivity index (χ3n) is 3.65. The monoisotopic (exact) mass is 342 g/mol. The second-order valence-corrected chi connectivity index (χ2v) is 5.29. The average Bonchev–Trinajstić information content (AvgIpc) is 3.01. The van der Waals surface area contributed by atoms with Gasteiger partial charge in [0.15, 0.2) is 0 Å². The van der Waals surface area contributed by atoms with Crippen molar-refractivity contribution < 1.29 is 27.5 Å². The molecule has 1 N–H and O–H groups in total. The van der Waals surface area contributed by atoms with Crippen molar-refractivity contribution in [2.75, 3.05) is 19.0 Å². The van der Waals surface area contributed by atoms with Crippen LogP contribution in [0.15, 0.2) is 36.5 Å². The van der Waals surface area contributed by atoms with Crippen LogP contribution in [0.5, 0.6) is 5.75 Å². The van der Waals surface area contributed by atoms with Gasteiger partial charge in [0.05, 0.1) is 7.11 Å². The molecule has 0 aromatic heterocycles. The van der Waals surface area contributed by atoms with Crippen molar-refractivity contribution in [2.24, 2.45) is 0 Å². The summed E-state index contributed by atoms with van der Waals surface area (Å²) in [4.78, 5) is 24.6. The number of hydrogen-bond donors (Lipinski definition) is 1. The SMILES string of the molecule is COc1ccc(NC(=O)C2CCCN2/C=C/C(=O)C(F)(F)F)cc1. The van der Waals surface area contributed by atoms with Crippen molar-refractivity contribution >= 4 is 17.4 Å². The summed E-state index contributed by atoms with van der Waals surface area (Å²) >= 11 is 0. The number of rotatable bonds is 5. The van der Waals surface area contributed by atoms with Gasteiger partial charge >= 0.3 is 6.18 Å². The Morgan fingerprint density at radius 2 is 1.96 bits per heavy atom. The van der Waals surface area contributed by atoms with E-state index in [9.17, 15) is 22.8 Å². The smallest absolute Gasteiger partial charge is 0.454 e. The number of alkyl halides is 3. The molecule has 1 aromatic carbocycles. The highest BCUT2D eigenvalue weighted by Crippen LogP contribution is 2.22. The Bertz CT molecular complexity index is 626. The number of nitrogens with zero attached hydrogens (tertiary/aromatic N) is 1. The molecule has 2 rings (SSSR count). The number of allylic oxidation sites excluding steroid dienone is 1. The first-order valence-electron chi connectivity index (χ1n) is 7.31. The van der Waals surface area contributed by atoms with Crippen molar-refractivity contribution in [1.29, 1.82) is 0 Å². The maximum atomic E-state index is 12.3. The molecule has 1 amide bonds. The van der Waals surface area contributed by atoms with Crippen molar-refractivity contribution in [2.45, 2.75) is 25.1 Å². The number of halogens is 3. The van der Waals surface area contributed by atoms with Crippen molar-refractivity contribution in [3.05, 3.63) is 36.5 Å². The molecule has 0 saturated carbocycles. The Hall–Kier alpha value is -2.51. The molecule has 1 aliphatic rings. The van der Waals surface area contributed by atoms with Crippen LogP contribution in [0.4, 0.5) is 18.9 Å². The van der Waals surface area contributed by atoms with Crippen molar-refractivity contribution in [1.82, 2.24) is 4.90 Å². The molecule has 130 valence electrons. The molecule has 0 radical (unpaired) electrons. The van der Waals surface area contributed by atoms with Crippen LogP contribution in [0.2, 0.25) is 0 Å². The van der Waals surface area contributed by atoms with Crippen LogP contribution in [0.3, 0.4) is 0 Å². The summed E-state index contributed by atoms with van der Waals surface area (Å²) in [6.07, 6.45) is -2.24. The minimum atomic E-state index is -4.91. The van der Waals surface area contributed by atoms with E-state index in [0.29, 0.717) is 36.9 Å². The van der Waals surface area contributed by atoms with Gasteiger partial charge in [-0.15, -0.1) is 0 Å². The van der Waals surface area contributed by atoms with Gasteiger partial charge in [-0.3, -0.25) is 9.59 Å². The molecule has 1 aliphatic heterocycles. The fraction of sp³-hybridized carbons (Fsp3) is 0.375. The first-order valence-corrected chi connectivity index (χ1v) is 7.31. The largest absolute Gasteiger partial charge is 0.497 e. The number of benzene rings is 1. The van der Waals surface area contributed by atoms with E-state index in [2.05, 4.69) is 5.32 Å². The van der Waals surface area contributed by atoms with Gasteiger partial charge in [0.2, 0.25) is 5.91 Å². The Kier molecular flexibility index (Phi) is 5.48. The van der Waals surface area contributed by atoms with Crippen LogP contribution in [-0.2, 0) is 9.59 Å². The van der Waals surface area contributed by atoms with Gasteiger partial charge < -0.3 is 15.0 Å². The number of anilines is 1. The van der Waals surface area contributed by atoms with E-state index in [1.54, 1.807) is 24.3 Å². The van der Waals surface area contributed by atoms with Gasteiger partial charge in [-0.05, 0) is 37.1 Å². The lowest BCUT2D eigenvalue weighted by Gasteiger charge is -2.22. The van der Waals surface area contributed by atoms with Gasteiger partial charge in [-0.1, -0.05) is 0 Å². The molecule has 0 bridgehead atoms. The van der Waals surface area contributed by atoms with Gasteiger partial charge in [0.1, 0.15) is 11.8 Å². The second kappa shape index (κ2) is 7.37. The van der Waals surface area contributed by atoms with E-state index < -0.39 is 18.0 Å². The molecule has 1 saturated heterocycles. The standard InChI is InChI=1S/C16H17F3N2O3/c1-24-12-6-4-11(5-7-12)20-15(23)13-3-2-9-21(13)10-8-14(22)16(17,18)19/h4-8,10,13H,2-3,9H2,1H3,(H,20,23)/b10-8+. The fourth-order valence-electron chi connectivity index (χ4n) is 2.41. The Labute approximate surface area is 137 Å². The number of amides is 1.